The molecule has 170 valence electrons. The zero-order chi connectivity index (χ0) is 23.0. The molecule has 0 aliphatic carbocycles. The Bertz CT molecular complexity index is 1200. The summed E-state index contributed by atoms with van der Waals surface area (Å²) in [6, 6.07) is 8.38. The predicted molar refractivity (Wildman–Crippen MR) is 122 cm³/mol. The lowest BCUT2D eigenvalue weighted by Gasteiger charge is -2.32. The van der Waals surface area contributed by atoms with Crippen molar-refractivity contribution >= 4 is 44.8 Å². The SMILES string of the molecule is Cc1cccc(NC(=O)C2CCCN(S(=O)(=O)c3cc4c(cc3Cl)NC(=O)CO4)C2)c1C. The van der Waals surface area contributed by atoms with Gasteiger partial charge < -0.3 is 15.4 Å². The van der Waals surface area contributed by atoms with Crippen molar-refractivity contribution in [2.24, 2.45) is 5.92 Å². The van der Waals surface area contributed by atoms with Gasteiger partial charge in [0.05, 0.1) is 16.6 Å². The van der Waals surface area contributed by atoms with Gasteiger partial charge in [0.1, 0.15) is 10.6 Å². The number of rotatable bonds is 4. The van der Waals surface area contributed by atoms with Crippen LogP contribution >= 0.6 is 11.6 Å². The van der Waals surface area contributed by atoms with Crippen molar-refractivity contribution in [1.29, 1.82) is 0 Å². The number of hydrogen-bond acceptors (Lipinski definition) is 5. The number of halogens is 1. The van der Waals surface area contributed by atoms with Gasteiger partial charge in [0.25, 0.3) is 5.91 Å². The van der Waals surface area contributed by atoms with Crippen molar-refractivity contribution in [2.75, 3.05) is 30.3 Å². The van der Waals surface area contributed by atoms with Crippen LogP contribution in [0.3, 0.4) is 0 Å². The largest absolute Gasteiger partial charge is 0.482 e. The van der Waals surface area contributed by atoms with E-state index in [-0.39, 0.29) is 40.6 Å². The highest BCUT2D eigenvalue weighted by atomic mass is 35.5. The van der Waals surface area contributed by atoms with E-state index in [1.807, 2.05) is 32.0 Å². The van der Waals surface area contributed by atoms with Gasteiger partial charge in [-0.2, -0.15) is 4.31 Å². The Morgan fingerprint density at radius 3 is 2.84 bits per heavy atom. The van der Waals surface area contributed by atoms with E-state index >= 15 is 0 Å². The lowest BCUT2D eigenvalue weighted by atomic mass is 9.98. The number of fused-ring (bicyclic) bond motifs is 1. The summed E-state index contributed by atoms with van der Waals surface area (Å²) >= 11 is 6.26. The summed E-state index contributed by atoms with van der Waals surface area (Å²) in [5.41, 5.74) is 3.10. The molecule has 8 nitrogen and oxygen atoms in total. The van der Waals surface area contributed by atoms with Gasteiger partial charge in [-0.25, -0.2) is 8.42 Å². The maximum Gasteiger partial charge on any atom is 0.262 e. The van der Waals surface area contributed by atoms with Crippen LogP contribution in [-0.4, -0.2) is 44.2 Å². The molecule has 0 aromatic heterocycles. The van der Waals surface area contributed by atoms with Crippen LogP contribution in [0.2, 0.25) is 5.02 Å². The van der Waals surface area contributed by atoms with Crippen LogP contribution < -0.4 is 15.4 Å². The summed E-state index contributed by atoms with van der Waals surface area (Å²) in [7, 11) is -3.97. The van der Waals surface area contributed by atoms with Gasteiger partial charge >= 0.3 is 0 Å². The zero-order valence-electron chi connectivity index (χ0n) is 17.8. The minimum absolute atomic E-state index is 0.0171. The highest BCUT2D eigenvalue weighted by Crippen LogP contribution is 2.37. The van der Waals surface area contributed by atoms with Gasteiger partial charge in [-0.05, 0) is 49.9 Å². The molecule has 2 heterocycles. The molecule has 1 atom stereocenters. The van der Waals surface area contributed by atoms with Crippen LogP contribution in [0.5, 0.6) is 5.75 Å². The standard InChI is InChI=1S/C22H24ClN3O5S/c1-13-5-3-7-17(14(13)2)25-22(28)15-6-4-8-26(11-15)32(29,30)20-10-19-18(9-16(20)23)24-21(27)12-31-19/h3,5,7,9-10,15H,4,6,8,11-12H2,1-2H3,(H,24,27)(H,25,28). The van der Waals surface area contributed by atoms with Crippen LogP contribution in [0, 0.1) is 19.8 Å². The van der Waals surface area contributed by atoms with Crippen molar-refractivity contribution in [3.8, 4) is 5.75 Å². The number of ether oxygens (including phenoxy) is 1. The molecule has 0 saturated carbocycles. The van der Waals surface area contributed by atoms with E-state index in [2.05, 4.69) is 10.6 Å². The Labute approximate surface area is 191 Å². The monoisotopic (exact) mass is 477 g/mol. The Morgan fingerprint density at radius 2 is 2.06 bits per heavy atom. The molecule has 1 saturated heterocycles. The van der Waals surface area contributed by atoms with E-state index < -0.39 is 15.9 Å². The second-order valence-electron chi connectivity index (χ2n) is 8.05. The second kappa shape index (κ2) is 8.73. The number of anilines is 2. The van der Waals surface area contributed by atoms with E-state index in [4.69, 9.17) is 16.3 Å². The summed E-state index contributed by atoms with van der Waals surface area (Å²) in [5.74, 6) is -0.779. The van der Waals surface area contributed by atoms with Crippen molar-refractivity contribution in [3.63, 3.8) is 0 Å². The number of nitrogens with one attached hydrogen (secondary N) is 2. The average molecular weight is 478 g/mol. The lowest BCUT2D eigenvalue weighted by Crippen LogP contribution is -2.43. The molecular weight excluding hydrogens is 454 g/mol. The Morgan fingerprint density at radius 1 is 1.28 bits per heavy atom. The molecule has 1 unspecified atom stereocenters. The zero-order valence-corrected chi connectivity index (χ0v) is 19.3. The van der Waals surface area contributed by atoms with Crippen molar-refractivity contribution in [3.05, 3.63) is 46.5 Å². The Kier molecular flexibility index (Phi) is 6.15. The van der Waals surface area contributed by atoms with Crippen molar-refractivity contribution in [1.82, 2.24) is 4.31 Å². The minimum Gasteiger partial charge on any atom is -0.482 e. The number of carbonyl (C=O) groups is 2. The lowest BCUT2D eigenvalue weighted by molar-refractivity contribution is -0.121. The molecule has 2 aromatic carbocycles. The van der Waals surface area contributed by atoms with E-state index in [0.717, 1.165) is 16.8 Å². The summed E-state index contributed by atoms with van der Waals surface area (Å²) < 4.78 is 33.3. The molecule has 2 aliphatic rings. The number of amides is 2. The first-order valence-electron chi connectivity index (χ1n) is 10.3. The maximum atomic E-state index is 13.4. The number of nitrogens with zero attached hydrogens (tertiary/aromatic N) is 1. The molecule has 32 heavy (non-hydrogen) atoms. The van der Waals surface area contributed by atoms with E-state index in [9.17, 15) is 18.0 Å². The van der Waals surface area contributed by atoms with Gasteiger partial charge in [0, 0.05) is 24.8 Å². The molecule has 0 spiro atoms. The molecule has 0 radical (unpaired) electrons. The van der Waals surface area contributed by atoms with Crippen molar-refractivity contribution < 1.29 is 22.7 Å². The number of aryl methyl sites for hydroxylation is 1. The number of sulfonamides is 1. The number of hydrogen-bond donors (Lipinski definition) is 2. The van der Waals surface area contributed by atoms with Crippen LogP contribution in [-0.2, 0) is 19.6 Å². The number of benzene rings is 2. The smallest absolute Gasteiger partial charge is 0.262 e. The summed E-state index contributed by atoms with van der Waals surface area (Å²) in [4.78, 5) is 24.3. The van der Waals surface area contributed by atoms with Gasteiger partial charge in [0.15, 0.2) is 6.61 Å². The number of carbonyl (C=O) groups excluding carboxylic acids is 2. The normalized spacial score (nSPS) is 19.0. The maximum absolute atomic E-state index is 13.4. The van der Waals surface area contributed by atoms with Gasteiger partial charge in [0.2, 0.25) is 15.9 Å². The van der Waals surface area contributed by atoms with Gasteiger partial charge in [-0.1, -0.05) is 23.7 Å². The fraction of sp³-hybridized carbons (Fsp3) is 0.364. The summed E-state index contributed by atoms with van der Waals surface area (Å²) in [6.07, 6.45) is 1.15. The van der Waals surface area contributed by atoms with Crippen LogP contribution in [0.25, 0.3) is 0 Å². The molecule has 2 aromatic rings. The molecular formula is C22H24ClN3O5S. The van der Waals surface area contributed by atoms with Crippen LogP contribution in [0.15, 0.2) is 35.2 Å². The molecule has 2 N–H and O–H groups in total. The highest BCUT2D eigenvalue weighted by Gasteiger charge is 2.35. The van der Waals surface area contributed by atoms with Crippen LogP contribution in [0.1, 0.15) is 24.0 Å². The summed E-state index contributed by atoms with van der Waals surface area (Å²) in [6.45, 7) is 4.06. The van der Waals surface area contributed by atoms with Gasteiger partial charge in [-0.3, -0.25) is 9.59 Å². The molecule has 4 rings (SSSR count). The molecule has 2 aliphatic heterocycles. The van der Waals surface area contributed by atoms with Crippen molar-refractivity contribution in [2.45, 2.75) is 31.6 Å². The average Bonchev–Trinajstić information content (AvgIpc) is 2.76. The second-order valence-corrected chi connectivity index (χ2v) is 10.4. The quantitative estimate of drug-likeness (QED) is 0.702. The van der Waals surface area contributed by atoms with E-state index in [1.165, 1.54) is 16.4 Å². The Hall–Kier alpha value is -2.62. The first-order valence-corrected chi connectivity index (χ1v) is 12.1. The fourth-order valence-corrected chi connectivity index (χ4v) is 5.96. The minimum atomic E-state index is -3.97. The molecule has 1 fully saturated rings. The first-order chi connectivity index (χ1) is 15.2. The van der Waals surface area contributed by atoms with Gasteiger partial charge in [-0.15, -0.1) is 0 Å². The third kappa shape index (κ3) is 4.32. The summed E-state index contributed by atoms with van der Waals surface area (Å²) in [5, 5.41) is 5.53. The fourth-order valence-electron chi connectivity index (χ4n) is 3.91. The third-order valence-corrected chi connectivity index (χ3v) is 8.23. The first kappa shape index (κ1) is 22.6. The highest BCUT2D eigenvalue weighted by molar-refractivity contribution is 7.89. The molecule has 0 bridgehead atoms. The van der Waals surface area contributed by atoms with E-state index in [1.54, 1.807) is 0 Å². The molecule has 10 heteroatoms. The van der Waals surface area contributed by atoms with E-state index in [0.29, 0.717) is 25.1 Å². The van der Waals surface area contributed by atoms with Crippen LogP contribution in [0.4, 0.5) is 11.4 Å². The third-order valence-electron chi connectivity index (χ3n) is 5.90. The number of piperidine rings is 1. The molecule has 2 amide bonds. The Balaban J connectivity index is 1.54. The topological polar surface area (TPSA) is 105 Å². The predicted octanol–water partition coefficient (Wildman–Crippen LogP) is 3.33.